The van der Waals surface area contributed by atoms with Gasteiger partial charge in [-0.3, -0.25) is 9.36 Å². The van der Waals surface area contributed by atoms with E-state index in [1.807, 2.05) is 56.3 Å². The van der Waals surface area contributed by atoms with E-state index in [2.05, 4.69) is 23.6 Å². The van der Waals surface area contributed by atoms with E-state index in [9.17, 15) is 9.00 Å². The van der Waals surface area contributed by atoms with Crippen molar-refractivity contribution in [1.29, 1.82) is 0 Å². The molecule has 5 rings (SSSR count). The van der Waals surface area contributed by atoms with Gasteiger partial charge in [0.15, 0.2) is 27.9 Å². The minimum Gasteiger partial charge on any atom is -0.307 e. The summed E-state index contributed by atoms with van der Waals surface area (Å²) in [6, 6.07) is 13.2. The zero-order valence-electron chi connectivity index (χ0n) is 18.3. The highest BCUT2D eigenvalue weighted by atomic mass is 32.2. The van der Waals surface area contributed by atoms with Crippen molar-refractivity contribution in [3.8, 4) is 5.69 Å². The van der Waals surface area contributed by atoms with Crippen molar-refractivity contribution in [2.24, 2.45) is 10.3 Å². The van der Waals surface area contributed by atoms with Gasteiger partial charge in [0.05, 0.1) is 29.5 Å². The first-order valence-electron chi connectivity index (χ1n) is 10.3. The molecular formula is C22H20N8O3S. The molecule has 1 unspecified atom stereocenters. The van der Waals surface area contributed by atoms with Gasteiger partial charge in [0.2, 0.25) is 0 Å². The molecule has 0 aliphatic carbocycles. The molecule has 0 aliphatic heterocycles. The van der Waals surface area contributed by atoms with Crippen LogP contribution >= 0.6 is 0 Å². The van der Waals surface area contributed by atoms with Crippen LogP contribution < -0.4 is 11.5 Å². The van der Waals surface area contributed by atoms with E-state index in [4.69, 9.17) is 10.9 Å². The van der Waals surface area contributed by atoms with Crippen molar-refractivity contribution in [1.82, 2.24) is 29.1 Å². The lowest BCUT2D eigenvalue weighted by atomic mass is 10.1. The number of hydrogen-bond acceptors (Lipinski definition) is 9. The number of aromatic nitrogens is 6. The average molecular weight is 477 g/mol. The number of para-hydroxylation sites is 1. The number of benzene rings is 2. The van der Waals surface area contributed by atoms with Crippen LogP contribution in [0, 0.1) is 13.8 Å². The maximum absolute atomic E-state index is 13.7. The van der Waals surface area contributed by atoms with E-state index < -0.39 is 10.9 Å². The first kappa shape index (κ1) is 21.8. The number of imidazole rings is 1. The Morgan fingerprint density at radius 3 is 2.65 bits per heavy atom. The first-order chi connectivity index (χ1) is 16.5. The summed E-state index contributed by atoms with van der Waals surface area (Å²) in [5, 5.41) is 0.569. The number of rotatable bonds is 5. The molecule has 2 aromatic carbocycles. The fraction of sp³-hybridized carbons (Fsp3) is 0.136. The predicted octanol–water partition coefficient (Wildman–Crippen LogP) is 2.29. The van der Waals surface area contributed by atoms with Gasteiger partial charge in [0, 0.05) is 0 Å². The Morgan fingerprint density at radius 2 is 1.85 bits per heavy atom. The minimum atomic E-state index is -2.48. The molecule has 0 amide bonds. The molecule has 0 saturated heterocycles. The van der Waals surface area contributed by atoms with E-state index in [1.54, 1.807) is 15.5 Å². The Balaban J connectivity index is 1.74. The zero-order chi connectivity index (χ0) is 23.8. The van der Waals surface area contributed by atoms with Gasteiger partial charge in [-0.1, -0.05) is 30.3 Å². The molecule has 0 radical (unpaired) electrons. The van der Waals surface area contributed by atoms with Crippen LogP contribution in [0.2, 0.25) is 0 Å². The number of aryl methyl sites for hydroxylation is 2. The third kappa shape index (κ3) is 3.73. The summed E-state index contributed by atoms with van der Waals surface area (Å²) in [7, 11) is -2.48. The van der Waals surface area contributed by atoms with Crippen molar-refractivity contribution in [3.05, 3.63) is 82.4 Å². The lowest BCUT2D eigenvalue weighted by Crippen LogP contribution is -2.26. The van der Waals surface area contributed by atoms with Gasteiger partial charge < -0.3 is 4.57 Å². The third-order valence-electron chi connectivity index (χ3n) is 5.49. The van der Waals surface area contributed by atoms with Gasteiger partial charge in [0.1, 0.15) is 12.2 Å². The number of nitrogens with two attached hydrogens (primary N) is 1. The summed E-state index contributed by atoms with van der Waals surface area (Å²) in [6.07, 6.45) is 2.83. The van der Waals surface area contributed by atoms with Crippen molar-refractivity contribution in [3.63, 3.8) is 0 Å². The summed E-state index contributed by atoms with van der Waals surface area (Å²) in [5.74, 6) is 5.53. The fourth-order valence-corrected chi connectivity index (χ4v) is 4.27. The quantitative estimate of drug-likeness (QED) is 0.290. The molecule has 11 nitrogen and oxygen atoms in total. The predicted molar refractivity (Wildman–Crippen MR) is 128 cm³/mol. The van der Waals surface area contributed by atoms with Gasteiger partial charge in [-0.05, 0) is 37.1 Å². The van der Waals surface area contributed by atoms with E-state index in [-0.39, 0.29) is 17.9 Å². The molecule has 5 aromatic rings. The largest absolute Gasteiger partial charge is 0.307 e. The van der Waals surface area contributed by atoms with E-state index in [0.717, 1.165) is 16.8 Å². The molecule has 3 aromatic heterocycles. The third-order valence-corrected chi connectivity index (χ3v) is 6.03. The summed E-state index contributed by atoms with van der Waals surface area (Å²) in [4.78, 5) is 31.2. The highest BCUT2D eigenvalue weighted by molar-refractivity contribution is 7.69. The summed E-state index contributed by atoms with van der Waals surface area (Å²) >= 11 is 0. The molecule has 1 atom stereocenters. The Kier molecular flexibility index (Phi) is 5.61. The van der Waals surface area contributed by atoms with Crippen molar-refractivity contribution < 1.29 is 8.49 Å². The molecule has 0 aliphatic rings. The molecule has 34 heavy (non-hydrogen) atoms. The van der Waals surface area contributed by atoms with Crippen molar-refractivity contribution in [2.75, 3.05) is 0 Å². The molecule has 12 heteroatoms. The molecule has 0 fully saturated rings. The zero-order valence-corrected chi connectivity index (χ0v) is 19.2. The molecule has 3 heterocycles. The maximum atomic E-state index is 13.7. The molecule has 2 N–H and O–H groups in total. The summed E-state index contributed by atoms with van der Waals surface area (Å²) in [6.45, 7) is 4.04. The van der Waals surface area contributed by atoms with E-state index in [1.165, 1.54) is 6.33 Å². The lowest BCUT2D eigenvalue weighted by Gasteiger charge is -2.16. The number of nitrogens with zero attached hydrogens (tertiary/aromatic N) is 7. The maximum Gasteiger partial charge on any atom is 0.266 e. The highest BCUT2D eigenvalue weighted by Crippen LogP contribution is 2.23. The van der Waals surface area contributed by atoms with Crippen LogP contribution in [0.1, 0.15) is 17.0 Å². The fourth-order valence-electron chi connectivity index (χ4n) is 3.92. The molecule has 0 bridgehead atoms. The van der Waals surface area contributed by atoms with E-state index >= 15 is 0 Å². The lowest BCUT2D eigenvalue weighted by molar-refractivity contribution is 0.373. The first-order valence-corrected chi connectivity index (χ1v) is 11.4. The second-order valence-electron chi connectivity index (χ2n) is 7.61. The molecule has 0 saturated carbocycles. The van der Waals surface area contributed by atoms with Gasteiger partial charge in [-0.25, -0.2) is 24.1 Å². The minimum absolute atomic E-state index is 0.0914. The van der Waals surface area contributed by atoms with Crippen LogP contribution in [0.3, 0.4) is 0 Å². The highest BCUT2D eigenvalue weighted by Gasteiger charge is 2.18. The SMILES string of the molecule is Cc1ccccc1-n1c(Cn2cnc3c(N=[SH](=O)ON)ncnc32)nc2cccc(C)c2c1=O. The van der Waals surface area contributed by atoms with Crippen LogP contribution in [-0.2, 0) is 21.7 Å². The molecular weight excluding hydrogens is 456 g/mol. The van der Waals surface area contributed by atoms with Crippen LogP contribution in [0.4, 0.5) is 5.82 Å². The molecule has 172 valence electrons. The van der Waals surface area contributed by atoms with Crippen LogP contribution in [0.5, 0.6) is 0 Å². The monoisotopic (exact) mass is 476 g/mol. The Labute approximate surface area is 195 Å². The van der Waals surface area contributed by atoms with Gasteiger partial charge in [-0.2, -0.15) is 14.5 Å². The van der Waals surface area contributed by atoms with Gasteiger partial charge in [-0.15, -0.1) is 0 Å². The summed E-state index contributed by atoms with van der Waals surface area (Å²) < 4.78 is 23.1. The van der Waals surface area contributed by atoms with Crippen molar-refractivity contribution in [2.45, 2.75) is 20.4 Å². The topological polar surface area (TPSA) is 143 Å². The van der Waals surface area contributed by atoms with Crippen LogP contribution in [0.25, 0.3) is 27.8 Å². The summed E-state index contributed by atoms with van der Waals surface area (Å²) in [5.41, 5.74) is 3.74. The average Bonchev–Trinajstić information content (AvgIpc) is 3.24. The van der Waals surface area contributed by atoms with Crippen molar-refractivity contribution >= 4 is 38.8 Å². The smallest absolute Gasteiger partial charge is 0.266 e. The number of hydrogen-bond donors (Lipinski definition) is 2. The van der Waals surface area contributed by atoms with Gasteiger partial charge in [0.25, 0.3) is 5.56 Å². The van der Waals surface area contributed by atoms with Crippen LogP contribution in [0.15, 0.2) is 64.3 Å². The Morgan fingerprint density at radius 1 is 1.06 bits per heavy atom. The van der Waals surface area contributed by atoms with Crippen LogP contribution in [-0.4, -0.2) is 33.3 Å². The second-order valence-corrected chi connectivity index (χ2v) is 8.50. The normalized spacial score (nSPS) is 12.6. The van der Waals surface area contributed by atoms with Gasteiger partial charge >= 0.3 is 0 Å². The second kappa shape index (κ2) is 8.74. The number of thiol groups is 1. The van der Waals surface area contributed by atoms with E-state index in [0.29, 0.717) is 27.9 Å². The standard InChI is InChI=1S/C22H20N8O3S/c1-13-6-3-4-9-16(13)30-17(27-15-8-5-7-14(2)18(15)22(30)31)10-29-12-26-19-20(28-34(32)33-23)24-11-25-21(19)29/h3-9,11-12,34H,10,23H2,1-2H3. The Hall–Kier alpha value is -4.00. The molecule has 0 spiro atoms. The number of fused-ring (bicyclic) bond motifs is 2. The Bertz CT molecular complexity index is 1700.